The van der Waals surface area contributed by atoms with Gasteiger partial charge in [0.2, 0.25) is 0 Å². The van der Waals surface area contributed by atoms with Crippen molar-refractivity contribution in [2.45, 2.75) is 6.92 Å². The van der Waals surface area contributed by atoms with E-state index in [-0.39, 0.29) is 11.4 Å². The molecule has 0 aliphatic heterocycles. The molecule has 3 rings (SSSR count). The summed E-state index contributed by atoms with van der Waals surface area (Å²) in [6.45, 7) is 1.93. The Morgan fingerprint density at radius 3 is 2.27 bits per heavy atom. The van der Waals surface area contributed by atoms with Gasteiger partial charge in [-0.25, -0.2) is 0 Å². The van der Waals surface area contributed by atoms with Crippen LogP contribution < -0.4 is 15.4 Å². The molecule has 0 fully saturated rings. The fourth-order valence-corrected chi connectivity index (χ4v) is 3.40. The van der Waals surface area contributed by atoms with Crippen LogP contribution in [0.3, 0.4) is 0 Å². The van der Waals surface area contributed by atoms with Gasteiger partial charge in [-0.05, 0) is 77.0 Å². The topological polar surface area (TPSA) is 111 Å². The number of methoxy groups -OCH3 is 1. The minimum absolute atomic E-state index is 0.0265. The van der Waals surface area contributed by atoms with Crippen molar-refractivity contribution in [3.63, 3.8) is 0 Å². The number of aryl methyl sites for hydroxylation is 1. The maximum Gasteiger partial charge on any atom is 0.272 e. The molecule has 9 heteroatoms. The number of benzene rings is 3. The quantitative estimate of drug-likeness (QED) is 0.262. The molecule has 8 nitrogen and oxygen atoms in total. The number of carbonyl (C=O) groups is 2. The number of nitrogens with zero attached hydrogens (tertiary/aromatic N) is 1. The lowest BCUT2D eigenvalue weighted by molar-refractivity contribution is -0.384. The van der Waals surface area contributed by atoms with Gasteiger partial charge in [-0.2, -0.15) is 0 Å². The van der Waals surface area contributed by atoms with E-state index < -0.39 is 16.7 Å². The minimum Gasteiger partial charge on any atom is -0.496 e. The standard InChI is InChI=1S/C24H20BrN3O5/c1-15-3-8-18(9-4-15)26-24(30)21(13-16-5-10-19(11-6-16)28(31)32)27-23(29)17-7-12-22(33-2)20(25)14-17/h3-14H,1-2H3,(H,26,30)(H,27,29)/b21-13-. The molecule has 0 atom stereocenters. The molecule has 0 radical (unpaired) electrons. The first kappa shape index (κ1) is 23.7. The van der Waals surface area contributed by atoms with Gasteiger partial charge in [0, 0.05) is 23.4 Å². The first-order chi connectivity index (χ1) is 15.8. The molecule has 2 N–H and O–H groups in total. The second-order valence-electron chi connectivity index (χ2n) is 7.03. The van der Waals surface area contributed by atoms with E-state index in [0.717, 1.165) is 5.56 Å². The van der Waals surface area contributed by atoms with Gasteiger partial charge in [0.15, 0.2) is 0 Å². The molecule has 3 aromatic carbocycles. The number of nitro groups is 1. The molecule has 0 bridgehead atoms. The van der Waals surface area contributed by atoms with Crippen LogP contribution in [0, 0.1) is 17.0 Å². The monoisotopic (exact) mass is 509 g/mol. The Morgan fingerprint density at radius 1 is 1.03 bits per heavy atom. The number of rotatable bonds is 7. The van der Waals surface area contributed by atoms with Crippen molar-refractivity contribution in [1.29, 1.82) is 0 Å². The SMILES string of the molecule is COc1ccc(C(=O)N/C(=C\c2ccc([N+](=O)[O-])cc2)C(=O)Nc2ccc(C)cc2)cc1Br. The molecular weight excluding hydrogens is 490 g/mol. The van der Waals surface area contributed by atoms with Crippen LogP contribution in [-0.2, 0) is 4.79 Å². The Morgan fingerprint density at radius 2 is 1.70 bits per heavy atom. The van der Waals surface area contributed by atoms with Crippen LogP contribution in [-0.4, -0.2) is 23.8 Å². The molecule has 0 spiro atoms. The van der Waals surface area contributed by atoms with Crippen LogP contribution in [0.4, 0.5) is 11.4 Å². The van der Waals surface area contributed by atoms with Crippen LogP contribution >= 0.6 is 15.9 Å². The molecule has 0 saturated carbocycles. The third-order valence-electron chi connectivity index (χ3n) is 4.63. The lowest BCUT2D eigenvalue weighted by atomic mass is 10.1. The number of amides is 2. The predicted octanol–water partition coefficient (Wildman–Crippen LogP) is 5.08. The zero-order valence-electron chi connectivity index (χ0n) is 17.8. The van der Waals surface area contributed by atoms with Crippen molar-refractivity contribution in [2.24, 2.45) is 0 Å². The van der Waals surface area contributed by atoms with E-state index in [1.807, 2.05) is 19.1 Å². The van der Waals surface area contributed by atoms with E-state index in [4.69, 9.17) is 4.74 Å². The average molecular weight is 510 g/mol. The molecule has 0 aromatic heterocycles. The average Bonchev–Trinajstić information content (AvgIpc) is 2.80. The molecule has 0 aliphatic rings. The zero-order chi connectivity index (χ0) is 24.0. The van der Waals surface area contributed by atoms with Crippen molar-refractivity contribution in [2.75, 3.05) is 12.4 Å². The highest BCUT2D eigenvalue weighted by Crippen LogP contribution is 2.25. The number of hydrogen-bond acceptors (Lipinski definition) is 5. The highest BCUT2D eigenvalue weighted by Gasteiger charge is 2.16. The van der Waals surface area contributed by atoms with Crippen molar-refractivity contribution in [3.05, 3.63) is 104 Å². The largest absolute Gasteiger partial charge is 0.496 e. The lowest BCUT2D eigenvalue weighted by Gasteiger charge is -2.12. The number of nitro benzene ring substituents is 1. The Labute approximate surface area is 198 Å². The van der Waals surface area contributed by atoms with Crippen LogP contribution in [0.1, 0.15) is 21.5 Å². The van der Waals surface area contributed by atoms with Crippen molar-refractivity contribution >= 4 is 45.2 Å². The van der Waals surface area contributed by atoms with Gasteiger partial charge in [0.1, 0.15) is 11.4 Å². The first-order valence-electron chi connectivity index (χ1n) is 9.76. The third-order valence-corrected chi connectivity index (χ3v) is 5.25. The van der Waals surface area contributed by atoms with E-state index >= 15 is 0 Å². The molecule has 33 heavy (non-hydrogen) atoms. The second kappa shape index (κ2) is 10.6. The summed E-state index contributed by atoms with van der Waals surface area (Å²) in [5, 5.41) is 16.3. The number of ether oxygens (including phenoxy) is 1. The summed E-state index contributed by atoms with van der Waals surface area (Å²) in [6.07, 6.45) is 1.45. The molecule has 0 unspecified atom stereocenters. The summed E-state index contributed by atoms with van der Waals surface area (Å²) in [7, 11) is 1.51. The zero-order valence-corrected chi connectivity index (χ0v) is 19.4. The van der Waals surface area contributed by atoms with Crippen LogP contribution in [0.5, 0.6) is 5.75 Å². The van der Waals surface area contributed by atoms with Gasteiger partial charge in [-0.15, -0.1) is 0 Å². The van der Waals surface area contributed by atoms with Crippen LogP contribution in [0.15, 0.2) is 76.9 Å². The van der Waals surface area contributed by atoms with Gasteiger partial charge in [-0.1, -0.05) is 17.7 Å². The predicted molar refractivity (Wildman–Crippen MR) is 129 cm³/mol. The lowest BCUT2D eigenvalue weighted by Crippen LogP contribution is -2.30. The summed E-state index contributed by atoms with van der Waals surface area (Å²) >= 11 is 3.34. The smallest absolute Gasteiger partial charge is 0.272 e. The number of carbonyl (C=O) groups excluding carboxylic acids is 2. The molecule has 0 heterocycles. The molecule has 2 amide bonds. The summed E-state index contributed by atoms with van der Waals surface area (Å²) < 4.78 is 5.76. The number of halogens is 1. The number of nitrogens with one attached hydrogen (secondary N) is 2. The Balaban J connectivity index is 1.90. The Kier molecular flexibility index (Phi) is 7.57. The molecule has 0 aliphatic carbocycles. The minimum atomic E-state index is -0.543. The van der Waals surface area contributed by atoms with E-state index in [1.54, 1.807) is 30.3 Å². The van der Waals surface area contributed by atoms with E-state index in [2.05, 4.69) is 26.6 Å². The highest BCUT2D eigenvalue weighted by molar-refractivity contribution is 9.10. The number of non-ortho nitro benzene ring substituents is 1. The Bertz CT molecular complexity index is 1220. The summed E-state index contributed by atoms with van der Waals surface area (Å²) in [5.74, 6) is -0.492. The van der Waals surface area contributed by atoms with Crippen LogP contribution in [0.25, 0.3) is 6.08 Å². The van der Waals surface area contributed by atoms with Crippen molar-refractivity contribution in [1.82, 2.24) is 5.32 Å². The third kappa shape index (κ3) is 6.27. The maximum absolute atomic E-state index is 13.0. The van der Waals surface area contributed by atoms with E-state index in [9.17, 15) is 19.7 Å². The Hall–Kier alpha value is -3.98. The van der Waals surface area contributed by atoms with E-state index in [0.29, 0.717) is 27.0 Å². The second-order valence-corrected chi connectivity index (χ2v) is 7.88. The maximum atomic E-state index is 13.0. The fourth-order valence-electron chi connectivity index (χ4n) is 2.85. The molecule has 0 saturated heterocycles. The van der Waals surface area contributed by atoms with Gasteiger partial charge < -0.3 is 15.4 Å². The van der Waals surface area contributed by atoms with Gasteiger partial charge in [0.05, 0.1) is 16.5 Å². The van der Waals surface area contributed by atoms with Gasteiger partial charge in [0.25, 0.3) is 17.5 Å². The normalized spacial score (nSPS) is 10.9. The molecular formula is C24H20BrN3O5. The first-order valence-corrected chi connectivity index (χ1v) is 10.5. The fraction of sp³-hybridized carbons (Fsp3) is 0.0833. The number of anilines is 1. The molecule has 3 aromatic rings. The van der Waals surface area contributed by atoms with Crippen LogP contribution in [0.2, 0.25) is 0 Å². The van der Waals surface area contributed by atoms with Crippen molar-refractivity contribution < 1.29 is 19.2 Å². The summed E-state index contributed by atoms with van der Waals surface area (Å²) in [4.78, 5) is 36.2. The van der Waals surface area contributed by atoms with Gasteiger partial charge >= 0.3 is 0 Å². The van der Waals surface area contributed by atoms with E-state index in [1.165, 1.54) is 37.5 Å². The highest BCUT2D eigenvalue weighted by atomic mass is 79.9. The summed E-state index contributed by atoms with van der Waals surface area (Å²) in [5.41, 5.74) is 2.30. The molecule has 168 valence electrons. The summed E-state index contributed by atoms with van der Waals surface area (Å²) in [6, 6.07) is 17.6. The van der Waals surface area contributed by atoms with Crippen molar-refractivity contribution in [3.8, 4) is 5.75 Å². The number of hydrogen-bond donors (Lipinski definition) is 2. The van der Waals surface area contributed by atoms with Gasteiger partial charge in [-0.3, -0.25) is 19.7 Å².